The molecule has 3 N–H and O–H groups in total. The molecule has 0 amide bonds. The molecule has 3 heterocycles. The molecular weight excluding hydrogens is 493 g/mol. The van der Waals surface area contributed by atoms with Crippen molar-refractivity contribution in [3.05, 3.63) is 35.8 Å². The number of aryl methyl sites for hydroxylation is 1. The van der Waals surface area contributed by atoms with Crippen LogP contribution in [0.15, 0.2) is 24.4 Å². The summed E-state index contributed by atoms with van der Waals surface area (Å²) < 4.78 is 43.0. The van der Waals surface area contributed by atoms with Gasteiger partial charge in [-0.05, 0) is 82.1 Å². The zero-order chi connectivity index (χ0) is 26.4. The second kappa shape index (κ2) is 12.5. The number of halogens is 1. The van der Waals surface area contributed by atoms with Crippen LogP contribution in [0, 0.1) is 18.7 Å². The van der Waals surface area contributed by atoms with Crippen molar-refractivity contribution in [1.29, 1.82) is 0 Å². The maximum atomic E-state index is 14.5. The van der Waals surface area contributed by atoms with Gasteiger partial charge in [-0.1, -0.05) is 0 Å². The number of pyridine rings is 2. The zero-order valence-electron chi connectivity index (χ0n) is 22.1. The van der Waals surface area contributed by atoms with Gasteiger partial charge in [0.15, 0.2) is 11.6 Å². The lowest BCUT2D eigenvalue weighted by Gasteiger charge is -2.32. The van der Waals surface area contributed by atoms with Gasteiger partial charge in [0.1, 0.15) is 15.7 Å². The van der Waals surface area contributed by atoms with Gasteiger partial charge in [0, 0.05) is 55.9 Å². The molecule has 37 heavy (non-hydrogen) atoms. The van der Waals surface area contributed by atoms with E-state index in [-0.39, 0.29) is 23.4 Å². The molecule has 1 saturated heterocycles. The standard InChI is InChI=1S/C27H40FN5O3S/c1-18-15-29-26(32-22-6-4-21(5-7-22)31-19(2)17-37(3,34)35)14-23(18)25-9-8-24(28)27(33-25)30-16-20-10-12-36-13-11-20/h8-9,14-15,19-22,31H,4-7,10-13,16-17H2,1-3H3,(H,29,32)(H,30,33)/t19-,21?,22?/m0/s1. The van der Waals surface area contributed by atoms with Gasteiger partial charge in [0.05, 0.1) is 11.4 Å². The molecule has 2 aromatic rings. The summed E-state index contributed by atoms with van der Waals surface area (Å²) in [5, 5.41) is 10.2. The Bertz CT molecular complexity index is 1150. The van der Waals surface area contributed by atoms with Gasteiger partial charge in [-0.25, -0.2) is 22.8 Å². The summed E-state index contributed by atoms with van der Waals surface area (Å²) in [7, 11) is -2.99. The fourth-order valence-corrected chi connectivity index (χ4v) is 6.31. The molecule has 8 nitrogen and oxygen atoms in total. The summed E-state index contributed by atoms with van der Waals surface area (Å²) in [6, 6.07) is 5.76. The summed E-state index contributed by atoms with van der Waals surface area (Å²) in [5.74, 6) is 1.34. The Balaban J connectivity index is 1.36. The predicted molar refractivity (Wildman–Crippen MR) is 146 cm³/mol. The lowest BCUT2D eigenvalue weighted by atomic mass is 9.90. The number of ether oxygens (including phenoxy) is 1. The van der Waals surface area contributed by atoms with Gasteiger partial charge in [0.25, 0.3) is 0 Å². The van der Waals surface area contributed by atoms with E-state index in [4.69, 9.17) is 4.74 Å². The summed E-state index contributed by atoms with van der Waals surface area (Å²) in [6.07, 6.45) is 8.97. The van der Waals surface area contributed by atoms with Crippen molar-refractivity contribution in [3.63, 3.8) is 0 Å². The van der Waals surface area contributed by atoms with Crippen LogP contribution in [0.4, 0.5) is 16.0 Å². The van der Waals surface area contributed by atoms with Crippen molar-refractivity contribution in [2.24, 2.45) is 5.92 Å². The van der Waals surface area contributed by atoms with Crippen LogP contribution in [-0.2, 0) is 14.6 Å². The molecule has 0 aromatic carbocycles. The minimum absolute atomic E-state index is 0.0508. The topological polar surface area (TPSA) is 105 Å². The van der Waals surface area contributed by atoms with Crippen molar-refractivity contribution in [2.75, 3.05) is 42.4 Å². The van der Waals surface area contributed by atoms with Crippen molar-refractivity contribution in [1.82, 2.24) is 15.3 Å². The van der Waals surface area contributed by atoms with E-state index in [2.05, 4.69) is 25.9 Å². The Morgan fingerprint density at radius 3 is 2.51 bits per heavy atom. The Kier molecular flexibility index (Phi) is 9.36. The van der Waals surface area contributed by atoms with Crippen LogP contribution in [0.5, 0.6) is 0 Å². The van der Waals surface area contributed by atoms with E-state index < -0.39 is 9.84 Å². The largest absolute Gasteiger partial charge is 0.381 e. The Morgan fingerprint density at radius 2 is 1.81 bits per heavy atom. The monoisotopic (exact) mass is 533 g/mol. The number of hydrogen-bond donors (Lipinski definition) is 3. The van der Waals surface area contributed by atoms with Crippen LogP contribution in [0.25, 0.3) is 11.3 Å². The number of hydrogen-bond acceptors (Lipinski definition) is 8. The first-order chi connectivity index (χ1) is 17.7. The van der Waals surface area contributed by atoms with E-state index in [0.717, 1.165) is 68.7 Å². The fraction of sp³-hybridized carbons (Fsp3) is 0.630. The van der Waals surface area contributed by atoms with E-state index in [1.165, 1.54) is 12.3 Å². The lowest BCUT2D eigenvalue weighted by molar-refractivity contribution is 0.0699. The van der Waals surface area contributed by atoms with Crippen LogP contribution in [0.3, 0.4) is 0 Å². The summed E-state index contributed by atoms with van der Waals surface area (Å²) in [4.78, 5) is 9.20. The van der Waals surface area contributed by atoms with Crippen LogP contribution in [-0.4, -0.2) is 68.3 Å². The third-order valence-corrected chi connectivity index (χ3v) is 8.38. The third kappa shape index (κ3) is 8.35. The van der Waals surface area contributed by atoms with Crippen molar-refractivity contribution >= 4 is 21.5 Å². The average molecular weight is 534 g/mol. The van der Waals surface area contributed by atoms with Gasteiger partial charge in [-0.3, -0.25) is 0 Å². The molecule has 204 valence electrons. The Hall–Kier alpha value is -2.30. The minimum atomic E-state index is -2.99. The molecule has 0 bridgehead atoms. The Morgan fingerprint density at radius 1 is 1.11 bits per heavy atom. The first-order valence-corrected chi connectivity index (χ1v) is 15.4. The van der Waals surface area contributed by atoms with Crippen LogP contribution < -0.4 is 16.0 Å². The highest BCUT2D eigenvalue weighted by Crippen LogP contribution is 2.28. The summed E-state index contributed by atoms with van der Waals surface area (Å²) in [5.41, 5.74) is 2.62. The number of aromatic nitrogens is 2. The number of sulfone groups is 1. The van der Waals surface area contributed by atoms with E-state index in [0.29, 0.717) is 30.2 Å². The smallest absolute Gasteiger partial charge is 0.165 e. The Labute approximate surface area is 220 Å². The van der Waals surface area contributed by atoms with Gasteiger partial charge in [-0.15, -0.1) is 0 Å². The molecule has 2 aliphatic rings. The number of anilines is 2. The highest BCUT2D eigenvalue weighted by Gasteiger charge is 2.24. The van der Waals surface area contributed by atoms with E-state index >= 15 is 0 Å². The van der Waals surface area contributed by atoms with Crippen molar-refractivity contribution < 1.29 is 17.5 Å². The van der Waals surface area contributed by atoms with E-state index in [1.54, 1.807) is 6.07 Å². The maximum absolute atomic E-state index is 14.5. The molecule has 0 radical (unpaired) electrons. The van der Waals surface area contributed by atoms with Gasteiger partial charge >= 0.3 is 0 Å². The van der Waals surface area contributed by atoms with Crippen LogP contribution in [0.2, 0.25) is 0 Å². The second-order valence-electron chi connectivity index (χ2n) is 10.7. The maximum Gasteiger partial charge on any atom is 0.165 e. The molecule has 1 saturated carbocycles. The van der Waals surface area contributed by atoms with Gasteiger partial charge in [0.2, 0.25) is 0 Å². The molecule has 0 unspecified atom stereocenters. The second-order valence-corrected chi connectivity index (χ2v) is 12.9. The zero-order valence-corrected chi connectivity index (χ0v) is 22.9. The molecule has 10 heteroatoms. The summed E-state index contributed by atoms with van der Waals surface area (Å²) in [6.45, 7) is 6.12. The highest BCUT2D eigenvalue weighted by atomic mass is 32.2. The minimum Gasteiger partial charge on any atom is -0.381 e. The molecule has 1 aliphatic carbocycles. The fourth-order valence-electron chi connectivity index (χ4n) is 5.30. The molecule has 1 aliphatic heterocycles. The van der Waals surface area contributed by atoms with Crippen LogP contribution >= 0.6 is 0 Å². The van der Waals surface area contributed by atoms with Crippen LogP contribution in [0.1, 0.15) is 51.0 Å². The molecular formula is C27H40FN5O3S. The molecule has 2 aromatic heterocycles. The van der Waals surface area contributed by atoms with Gasteiger partial charge in [-0.2, -0.15) is 0 Å². The van der Waals surface area contributed by atoms with Gasteiger partial charge < -0.3 is 20.7 Å². The summed E-state index contributed by atoms with van der Waals surface area (Å²) >= 11 is 0. The highest BCUT2D eigenvalue weighted by molar-refractivity contribution is 7.90. The normalized spacial score (nSPS) is 21.9. The lowest BCUT2D eigenvalue weighted by Crippen LogP contribution is -2.43. The third-order valence-electron chi connectivity index (χ3n) is 7.28. The first-order valence-electron chi connectivity index (χ1n) is 13.3. The van der Waals surface area contributed by atoms with E-state index in [9.17, 15) is 12.8 Å². The van der Waals surface area contributed by atoms with E-state index in [1.807, 2.05) is 26.1 Å². The molecule has 0 spiro atoms. The predicted octanol–water partition coefficient (Wildman–Crippen LogP) is 4.18. The molecule has 2 fully saturated rings. The first kappa shape index (κ1) is 27.7. The average Bonchev–Trinajstić information content (AvgIpc) is 2.85. The number of nitrogens with zero attached hydrogens (tertiary/aromatic N) is 2. The SMILES string of the molecule is Cc1cnc(NC2CCC(N[C@@H](C)CS(C)(=O)=O)CC2)cc1-c1ccc(F)c(NCC2CCOCC2)n1. The molecule has 4 rings (SSSR count). The number of nitrogens with one attached hydrogen (secondary N) is 3. The number of rotatable bonds is 10. The molecule has 1 atom stereocenters. The van der Waals surface area contributed by atoms with Crippen molar-refractivity contribution in [2.45, 2.75) is 70.5 Å². The van der Waals surface area contributed by atoms with Crippen molar-refractivity contribution in [3.8, 4) is 11.3 Å². The quantitative estimate of drug-likeness (QED) is 0.418.